The van der Waals surface area contributed by atoms with Crippen LogP contribution in [0.4, 0.5) is 0 Å². The van der Waals surface area contributed by atoms with Crippen molar-refractivity contribution >= 4 is 17.7 Å². The normalized spacial score (nSPS) is 11.9. The number of pyridine rings is 1. The molecule has 3 aromatic rings. The lowest BCUT2D eigenvalue weighted by Gasteiger charge is -2.10. The van der Waals surface area contributed by atoms with Gasteiger partial charge in [0.15, 0.2) is 11.0 Å². The summed E-state index contributed by atoms with van der Waals surface area (Å²) in [6, 6.07) is 7.14. The summed E-state index contributed by atoms with van der Waals surface area (Å²) in [6.07, 6.45) is 5.23. The van der Waals surface area contributed by atoms with Crippen molar-refractivity contribution in [3.8, 4) is 11.4 Å². The third-order valence-corrected chi connectivity index (χ3v) is 4.76. The van der Waals surface area contributed by atoms with Crippen LogP contribution in [0.2, 0.25) is 0 Å². The van der Waals surface area contributed by atoms with Gasteiger partial charge in [0, 0.05) is 24.5 Å². The van der Waals surface area contributed by atoms with Crippen molar-refractivity contribution in [1.29, 1.82) is 0 Å². The second kappa shape index (κ2) is 8.01. The third-order valence-electron chi connectivity index (χ3n) is 3.66. The van der Waals surface area contributed by atoms with E-state index in [0.29, 0.717) is 12.3 Å². The van der Waals surface area contributed by atoms with Gasteiger partial charge in [-0.15, -0.1) is 16.8 Å². The second-order valence-electron chi connectivity index (χ2n) is 5.40. The molecule has 0 aliphatic heterocycles. The van der Waals surface area contributed by atoms with E-state index in [9.17, 15) is 4.79 Å². The molecule has 3 heterocycles. The zero-order valence-corrected chi connectivity index (χ0v) is 15.3. The Hall–Kier alpha value is -2.87. The molecule has 0 spiro atoms. The summed E-state index contributed by atoms with van der Waals surface area (Å²) >= 11 is 1.49. The lowest BCUT2D eigenvalue weighted by atomic mass is 10.2. The first kappa shape index (κ1) is 17.9. The van der Waals surface area contributed by atoms with Crippen molar-refractivity contribution in [2.24, 2.45) is 0 Å². The van der Waals surface area contributed by atoms with Gasteiger partial charge in [-0.3, -0.25) is 9.55 Å². The Bertz CT molecular complexity index is 904. The van der Waals surface area contributed by atoms with Crippen LogP contribution in [0.1, 0.15) is 28.5 Å². The Labute approximate surface area is 155 Å². The van der Waals surface area contributed by atoms with E-state index in [1.807, 2.05) is 23.6 Å². The zero-order valence-electron chi connectivity index (χ0n) is 14.5. The van der Waals surface area contributed by atoms with Gasteiger partial charge in [0.2, 0.25) is 5.76 Å². The Kier molecular flexibility index (Phi) is 5.52. The van der Waals surface area contributed by atoms with Gasteiger partial charge in [-0.25, -0.2) is 4.79 Å². The highest BCUT2D eigenvalue weighted by atomic mass is 32.2. The van der Waals surface area contributed by atoms with E-state index in [4.69, 9.17) is 4.42 Å². The van der Waals surface area contributed by atoms with Crippen LogP contribution in [-0.4, -0.2) is 32.8 Å². The van der Waals surface area contributed by atoms with Gasteiger partial charge < -0.3 is 9.15 Å². The molecule has 0 bridgehead atoms. The Morgan fingerprint density at radius 2 is 2.12 bits per heavy atom. The molecule has 7 nitrogen and oxygen atoms in total. The number of carbonyl (C=O) groups excluding carboxylic acids is 1. The SMILES string of the molecule is C=CCn1c(SC(C)c2ccc(C(=O)OC)o2)nnc1-c1ccncc1. The van der Waals surface area contributed by atoms with Crippen LogP contribution < -0.4 is 0 Å². The summed E-state index contributed by atoms with van der Waals surface area (Å²) < 4.78 is 12.2. The molecule has 0 amide bonds. The van der Waals surface area contributed by atoms with Crippen molar-refractivity contribution in [3.05, 3.63) is 60.8 Å². The molecular formula is C18H18N4O3S. The highest BCUT2D eigenvalue weighted by Gasteiger charge is 2.20. The van der Waals surface area contributed by atoms with Crippen molar-refractivity contribution in [1.82, 2.24) is 19.7 Å². The molecule has 0 fully saturated rings. The molecule has 26 heavy (non-hydrogen) atoms. The fourth-order valence-corrected chi connectivity index (χ4v) is 3.32. The van der Waals surface area contributed by atoms with E-state index < -0.39 is 5.97 Å². The first-order chi connectivity index (χ1) is 12.6. The minimum absolute atomic E-state index is 0.0635. The maximum atomic E-state index is 11.5. The van der Waals surface area contributed by atoms with Crippen molar-refractivity contribution in [2.45, 2.75) is 23.9 Å². The first-order valence-electron chi connectivity index (χ1n) is 7.93. The molecule has 134 valence electrons. The number of methoxy groups -OCH3 is 1. The second-order valence-corrected chi connectivity index (χ2v) is 6.70. The van der Waals surface area contributed by atoms with Gasteiger partial charge in [0.1, 0.15) is 5.76 Å². The summed E-state index contributed by atoms with van der Waals surface area (Å²) in [5.74, 6) is 1.09. The third kappa shape index (κ3) is 3.70. The molecule has 3 rings (SSSR count). The molecule has 0 aliphatic rings. The topological polar surface area (TPSA) is 83.0 Å². The molecule has 0 aliphatic carbocycles. The number of hydrogen-bond acceptors (Lipinski definition) is 7. The number of ether oxygens (including phenoxy) is 1. The molecule has 0 saturated heterocycles. The summed E-state index contributed by atoms with van der Waals surface area (Å²) in [7, 11) is 1.32. The summed E-state index contributed by atoms with van der Waals surface area (Å²) in [4.78, 5) is 15.6. The van der Waals surface area contributed by atoms with Crippen LogP contribution in [-0.2, 0) is 11.3 Å². The predicted molar refractivity (Wildman–Crippen MR) is 97.8 cm³/mol. The van der Waals surface area contributed by atoms with Crippen LogP contribution in [0.3, 0.4) is 0 Å². The van der Waals surface area contributed by atoms with Gasteiger partial charge in [0.25, 0.3) is 0 Å². The summed E-state index contributed by atoms with van der Waals surface area (Å²) in [6.45, 7) is 6.36. The number of rotatable bonds is 7. The average molecular weight is 370 g/mol. The van der Waals surface area contributed by atoms with E-state index in [1.165, 1.54) is 18.9 Å². The van der Waals surface area contributed by atoms with E-state index in [2.05, 4.69) is 26.5 Å². The zero-order chi connectivity index (χ0) is 18.5. The van der Waals surface area contributed by atoms with Crippen LogP contribution in [0, 0.1) is 0 Å². The number of aromatic nitrogens is 4. The number of allylic oxidation sites excluding steroid dienone is 1. The minimum Gasteiger partial charge on any atom is -0.463 e. The standard InChI is InChI=1S/C18H18N4O3S/c1-4-11-22-16(13-7-9-19-10-8-13)20-21-18(22)26-12(2)14-5-6-15(25-14)17(23)24-3/h4-10,12H,1,11H2,2-3H3. The maximum Gasteiger partial charge on any atom is 0.373 e. The van der Waals surface area contributed by atoms with Gasteiger partial charge in [-0.1, -0.05) is 17.8 Å². The number of esters is 1. The fourth-order valence-electron chi connectivity index (χ4n) is 2.38. The molecule has 3 aromatic heterocycles. The van der Waals surface area contributed by atoms with E-state index in [-0.39, 0.29) is 11.0 Å². The smallest absolute Gasteiger partial charge is 0.373 e. The van der Waals surface area contributed by atoms with Gasteiger partial charge in [-0.2, -0.15) is 0 Å². The van der Waals surface area contributed by atoms with E-state index in [0.717, 1.165) is 16.5 Å². The lowest BCUT2D eigenvalue weighted by Crippen LogP contribution is -2.01. The highest BCUT2D eigenvalue weighted by Crippen LogP contribution is 2.36. The Morgan fingerprint density at radius 3 is 2.81 bits per heavy atom. The molecule has 0 saturated carbocycles. The average Bonchev–Trinajstić information content (AvgIpc) is 3.30. The Morgan fingerprint density at radius 1 is 1.35 bits per heavy atom. The molecule has 1 atom stereocenters. The molecule has 0 radical (unpaired) electrons. The lowest BCUT2D eigenvalue weighted by molar-refractivity contribution is 0.0563. The number of carbonyl (C=O) groups is 1. The van der Waals surface area contributed by atoms with Gasteiger partial charge >= 0.3 is 5.97 Å². The van der Waals surface area contributed by atoms with Gasteiger partial charge in [-0.05, 0) is 31.2 Å². The minimum atomic E-state index is -0.497. The highest BCUT2D eigenvalue weighted by molar-refractivity contribution is 7.99. The van der Waals surface area contributed by atoms with E-state index in [1.54, 1.807) is 30.6 Å². The number of hydrogen-bond donors (Lipinski definition) is 0. The van der Waals surface area contributed by atoms with Crippen LogP contribution >= 0.6 is 11.8 Å². The van der Waals surface area contributed by atoms with Crippen LogP contribution in [0.15, 0.2) is 58.9 Å². The van der Waals surface area contributed by atoms with Crippen molar-refractivity contribution in [3.63, 3.8) is 0 Å². The first-order valence-corrected chi connectivity index (χ1v) is 8.81. The predicted octanol–water partition coefficient (Wildman–Crippen LogP) is 3.76. The quantitative estimate of drug-likeness (QED) is 0.356. The molecule has 0 N–H and O–H groups in total. The largest absolute Gasteiger partial charge is 0.463 e. The van der Waals surface area contributed by atoms with Crippen LogP contribution in [0.25, 0.3) is 11.4 Å². The fraction of sp³-hybridized carbons (Fsp3) is 0.222. The summed E-state index contributed by atoms with van der Waals surface area (Å²) in [5, 5.41) is 9.29. The van der Waals surface area contributed by atoms with E-state index >= 15 is 0 Å². The Balaban J connectivity index is 1.85. The molecule has 1 unspecified atom stereocenters. The van der Waals surface area contributed by atoms with Crippen molar-refractivity contribution in [2.75, 3.05) is 7.11 Å². The molecule has 0 aromatic carbocycles. The van der Waals surface area contributed by atoms with Crippen molar-refractivity contribution < 1.29 is 13.9 Å². The van der Waals surface area contributed by atoms with Crippen LogP contribution in [0.5, 0.6) is 0 Å². The number of nitrogens with zero attached hydrogens (tertiary/aromatic N) is 4. The number of furan rings is 1. The maximum absolute atomic E-state index is 11.5. The van der Waals surface area contributed by atoms with Gasteiger partial charge in [0.05, 0.1) is 12.4 Å². The number of thioether (sulfide) groups is 1. The molecular weight excluding hydrogens is 352 g/mol. The summed E-state index contributed by atoms with van der Waals surface area (Å²) in [5.41, 5.74) is 0.930. The monoisotopic (exact) mass is 370 g/mol. The molecule has 8 heteroatoms.